The zero-order chi connectivity index (χ0) is 17.8. The van der Waals surface area contributed by atoms with Crippen molar-refractivity contribution in [2.75, 3.05) is 0 Å². The van der Waals surface area contributed by atoms with Gasteiger partial charge in [-0.05, 0) is 16.5 Å². The minimum absolute atomic E-state index is 0.0589. The molecule has 1 aliphatic heterocycles. The molecule has 1 aliphatic rings. The van der Waals surface area contributed by atoms with Crippen LogP contribution >= 0.6 is 21.6 Å². The van der Waals surface area contributed by atoms with Crippen molar-refractivity contribution in [2.24, 2.45) is 0 Å². The lowest BCUT2D eigenvalue weighted by atomic mass is 9.93. The van der Waals surface area contributed by atoms with Crippen LogP contribution in [0.5, 0.6) is 0 Å². The topological polar surface area (TPSA) is 17.1 Å². The van der Waals surface area contributed by atoms with E-state index in [1.54, 1.807) is 21.6 Å². The molecule has 0 saturated carbocycles. The van der Waals surface area contributed by atoms with Gasteiger partial charge in [0.2, 0.25) is 0 Å². The van der Waals surface area contributed by atoms with Gasteiger partial charge in [-0.1, -0.05) is 113 Å². The van der Waals surface area contributed by atoms with Crippen molar-refractivity contribution in [1.82, 2.24) is 0 Å². The molecule has 0 fully saturated rings. The first-order valence-electron chi connectivity index (χ1n) is 8.33. The van der Waals surface area contributed by atoms with E-state index in [9.17, 15) is 4.79 Å². The molecule has 0 amide bonds. The highest BCUT2D eigenvalue weighted by molar-refractivity contribution is 8.80. The summed E-state index contributed by atoms with van der Waals surface area (Å²) in [4.78, 5) is 14.4. The zero-order valence-electron chi connectivity index (χ0n) is 14.0. The molecule has 0 unspecified atom stereocenters. The Morgan fingerprint density at radius 1 is 0.654 bits per heavy atom. The number of ketones is 1. The highest BCUT2D eigenvalue weighted by atomic mass is 33.1. The molecule has 26 heavy (non-hydrogen) atoms. The van der Waals surface area contributed by atoms with Gasteiger partial charge in [0.1, 0.15) is 0 Å². The maximum atomic E-state index is 13.4. The lowest BCUT2D eigenvalue weighted by Gasteiger charge is -2.13. The van der Waals surface area contributed by atoms with E-state index >= 15 is 0 Å². The Bertz CT molecular complexity index is 974. The van der Waals surface area contributed by atoms with Crippen LogP contribution in [0.25, 0.3) is 11.1 Å². The second-order valence-corrected chi connectivity index (χ2v) is 7.92. The Balaban J connectivity index is 1.89. The number of hydrogen-bond donors (Lipinski definition) is 0. The third-order valence-corrected chi connectivity index (χ3v) is 6.28. The standard InChI is InChI=1S/C23H16OS2/c24-22(19-14-8-3-9-15-19)21(18-12-6-2-7-13-18)23-20(16-25-26-23)17-10-4-1-5-11-17/h1-16H/b23-21-. The predicted molar refractivity (Wildman–Crippen MR) is 114 cm³/mol. The Kier molecular flexibility index (Phi) is 5.09. The number of carbonyl (C=O) groups is 1. The molecular weight excluding hydrogens is 356 g/mol. The zero-order valence-corrected chi connectivity index (χ0v) is 15.6. The van der Waals surface area contributed by atoms with E-state index in [-0.39, 0.29) is 5.78 Å². The van der Waals surface area contributed by atoms with Crippen molar-refractivity contribution in [1.29, 1.82) is 0 Å². The first-order valence-corrected chi connectivity index (χ1v) is 10.5. The molecule has 0 radical (unpaired) electrons. The highest BCUT2D eigenvalue weighted by Gasteiger charge is 2.25. The molecule has 1 nitrogen and oxygen atoms in total. The normalized spacial score (nSPS) is 15.5. The summed E-state index contributed by atoms with van der Waals surface area (Å²) < 4.78 is 0. The molecular formula is C23H16OS2. The molecule has 1 heterocycles. The second-order valence-electron chi connectivity index (χ2n) is 5.84. The number of allylic oxidation sites excluding steroid dienone is 2. The summed E-state index contributed by atoms with van der Waals surface area (Å²) in [5.74, 6) is 0.0589. The minimum atomic E-state index is 0.0589. The Labute approximate surface area is 161 Å². The summed E-state index contributed by atoms with van der Waals surface area (Å²) >= 11 is 0. The van der Waals surface area contributed by atoms with E-state index < -0.39 is 0 Å². The third kappa shape index (κ3) is 3.41. The van der Waals surface area contributed by atoms with Crippen molar-refractivity contribution >= 4 is 38.5 Å². The molecule has 0 spiro atoms. The van der Waals surface area contributed by atoms with Crippen LogP contribution in [0.3, 0.4) is 0 Å². The fraction of sp³-hybridized carbons (Fsp3) is 0. The van der Waals surface area contributed by atoms with E-state index in [1.807, 2.05) is 78.9 Å². The molecule has 0 N–H and O–H groups in total. The molecule has 0 saturated heterocycles. The number of carbonyl (C=O) groups excluding carboxylic acids is 1. The average molecular weight is 373 g/mol. The fourth-order valence-electron chi connectivity index (χ4n) is 2.92. The Morgan fingerprint density at radius 2 is 1.19 bits per heavy atom. The maximum absolute atomic E-state index is 13.4. The number of rotatable bonds is 4. The van der Waals surface area contributed by atoms with Gasteiger partial charge < -0.3 is 0 Å². The van der Waals surface area contributed by atoms with E-state index in [2.05, 4.69) is 17.5 Å². The maximum Gasteiger partial charge on any atom is 0.194 e. The van der Waals surface area contributed by atoms with Crippen LogP contribution in [-0.4, -0.2) is 5.78 Å². The highest BCUT2D eigenvalue weighted by Crippen LogP contribution is 2.51. The van der Waals surface area contributed by atoms with Crippen molar-refractivity contribution in [3.05, 3.63) is 118 Å². The molecule has 3 heteroatoms. The minimum Gasteiger partial charge on any atom is -0.289 e. The van der Waals surface area contributed by atoms with Crippen LogP contribution in [0.15, 0.2) is 101 Å². The lowest BCUT2D eigenvalue weighted by Crippen LogP contribution is -2.05. The summed E-state index contributed by atoms with van der Waals surface area (Å²) in [7, 11) is 3.32. The third-order valence-electron chi connectivity index (χ3n) is 4.18. The lowest BCUT2D eigenvalue weighted by molar-refractivity contribution is 0.105. The molecule has 0 aromatic heterocycles. The van der Waals surface area contributed by atoms with Crippen LogP contribution in [-0.2, 0) is 0 Å². The summed E-state index contributed by atoms with van der Waals surface area (Å²) in [5, 5.41) is 2.14. The summed E-state index contributed by atoms with van der Waals surface area (Å²) in [6.07, 6.45) is 0. The molecule has 3 aromatic carbocycles. The van der Waals surface area contributed by atoms with E-state index in [1.165, 1.54) is 0 Å². The van der Waals surface area contributed by atoms with Gasteiger partial charge in [0.05, 0.1) is 0 Å². The number of hydrogen-bond acceptors (Lipinski definition) is 3. The van der Waals surface area contributed by atoms with Gasteiger partial charge in [-0.3, -0.25) is 4.79 Å². The quantitative estimate of drug-likeness (QED) is 0.287. The van der Waals surface area contributed by atoms with Gasteiger partial charge in [0.25, 0.3) is 0 Å². The molecule has 0 bridgehead atoms. The van der Waals surface area contributed by atoms with Crippen LogP contribution in [0, 0.1) is 0 Å². The monoisotopic (exact) mass is 372 g/mol. The molecule has 4 rings (SSSR count). The van der Waals surface area contributed by atoms with Crippen LogP contribution in [0.4, 0.5) is 0 Å². The molecule has 0 atom stereocenters. The summed E-state index contributed by atoms with van der Waals surface area (Å²) in [6, 6.07) is 29.7. The van der Waals surface area contributed by atoms with Crippen LogP contribution in [0.2, 0.25) is 0 Å². The van der Waals surface area contributed by atoms with Crippen molar-refractivity contribution in [3.8, 4) is 0 Å². The smallest absolute Gasteiger partial charge is 0.194 e. The first kappa shape index (κ1) is 17.0. The fourth-order valence-corrected chi connectivity index (χ4v) is 5.29. The average Bonchev–Trinajstić information content (AvgIpc) is 3.19. The van der Waals surface area contributed by atoms with E-state index in [0.29, 0.717) is 5.56 Å². The first-order chi connectivity index (χ1) is 12.8. The van der Waals surface area contributed by atoms with Gasteiger partial charge in [0, 0.05) is 21.6 Å². The van der Waals surface area contributed by atoms with Crippen molar-refractivity contribution in [3.63, 3.8) is 0 Å². The number of benzene rings is 3. The SMILES string of the molecule is O=C(/C(=C1\SSC=C1c1ccccc1)c1ccccc1)c1ccccc1. The molecule has 0 aliphatic carbocycles. The second kappa shape index (κ2) is 7.81. The molecule has 126 valence electrons. The Hall–Kier alpha value is -2.49. The summed E-state index contributed by atoms with van der Waals surface area (Å²) in [6.45, 7) is 0. The van der Waals surface area contributed by atoms with Gasteiger partial charge >= 0.3 is 0 Å². The molecule has 3 aromatic rings. The van der Waals surface area contributed by atoms with Gasteiger partial charge in [-0.15, -0.1) is 0 Å². The van der Waals surface area contributed by atoms with Crippen LogP contribution < -0.4 is 0 Å². The van der Waals surface area contributed by atoms with Crippen molar-refractivity contribution in [2.45, 2.75) is 0 Å². The Morgan fingerprint density at radius 3 is 1.81 bits per heavy atom. The largest absolute Gasteiger partial charge is 0.289 e. The predicted octanol–water partition coefficient (Wildman–Crippen LogP) is 6.72. The van der Waals surface area contributed by atoms with Crippen LogP contribution in [0.1, 0.15) is 21.5 Å². The van der Waals surface area contributed by atoms with E-state index in [4.69, 9.17) is 0 Å². The van der Waals surface area contributed by atoms with E-state index in [0.717, 1.165) is 27.2 Å². The van der Waals surface area contributed by atoms with Crippen molar-refractivity contribution < 1.29 is 4.79 Å². The van der Waals surface area contributed by atoms with Gasteiger partial charge in [0.15, 0.2) is 5.78 Å². The number of Topliss-reactive ketones (excluding diaryl/α,β-unsaturated/α-hetero) is 1. The van der Waals surface area contributed by atoms with Gasteiger partial charge in [-0.25, -0.2) is 0 Å². The summed E-state index contributed by atoms with van der Waals surface area (Å²) in [5.41, 5.74) is 4.68. The van der Waals surface area contributed by atoms with Gasteiger partial charge in [-0.2, -0.15) is 0 Å².